The molecule has 27 heavy (non-hydrogen) atoms. The maximum Gasteiger partial charge on any atom is 0.210 e. The van der Waals surface area contributed by atoms with E-state index in [1.54, 1.807) is 26.0 Å². The van der Waals surface area contributed by atoms with Gasteiger partial charge in [0.25, 0.3) is 0 Å². The molecule has 1 aromatic heterocycles. The number of nitrogen functional groups attached to an aromatic ring is 1. The first-order valence-electron chi connectivity index (χ1n) is 8.68. The zero-order valence-corrected chi connectivity index (χ0v) is 16.8. The summed E-state index contributed by atoms with van der Waals surface area (Å²) in [6.45, 7) is 4.38. The molecule has 0 saturated heterocycles. The van der Waals surface area contributed by atoms with Gasteiger partial charge in [0.1, 0.15) is 0 Å². The molecule has 6 nitrogen and oxygen atoms in total. The summed E-state index contributed by atoms with van der Waals surface area (Å²) < 4.78 is 12.1. The van der Waals surface area contributed by atoms with Crippen LogP contribution in [0.5, 0.6) is 11.5 Å². The molecule has 3 aromatic rings. The predicted molar refractivity (Wildman–Crippen MR) is 109 cm³/mol. The van der Waals surface area contributed by atoms with E-state index in [0.717, 1.165) is 11.3 Å². The lowest BCUT2D eigenvalue weighted by Gasteiger charge is -2.09. The van der Waals surface area contributed by atoms with Gasteiger partial charge in [-0.05, 0) is 35.2 Å². The van der Waals surface area contributed by atoms with Gasteiger partial charge in [-0.1, -0.05) is 49.9 Å². The van der Waals surface area contributed by atoms with E-state index in [2.05, 4.69) is 48.3 Å². The fourth-order valence-corrected chi connectivity index (χ4v) is 3.51. The lowest BCUT2D eigenvalue weighted by molar-refractivity contribution is 0.355. The van der Waals surface area contributed by atoms with Gasteiger partial charge in [0, 0.05) is 11.3 Å². The van der Waals surface area contributed by atoms with Crippen LogP contribution in [0.4, 0.5) is 0 Å². The first-order valence-corrected chi connectivity index (χ1v) is 9.66. The van der Waals surface area contributed by atoms with Crippen molar-refractivity contribution in [1.29, 1.82) is 0 Å². The molecule has 0 fully saturated rings. The molecule has 2 N–H and O–H groups in total. The van der Waals surface area contributed by atoms with Gasteiger partial charge in [-0.2, -0.15) is 0 Å². The highest BCUT2D eigenvalue weighted by Gasteiger charge is 2.15. The number of rotatable bonds is 7. The maximum absolute atomic E-state index is 6.22. The van der Waals surface area contributed by atoms with Crippen LogP contribution in [-0.4, -0.2) is 29.1 Å². The van der Waals surface area contributed by atoms with Crippen LogP contribution in [0.2, 0.25) is 0 Å². The van der Waals surface area contributed by atoms with Gasteiger partial charge in [0.05, 0.1) is 14.2 Å². The molecule has 0 unspecified atom stereocenters. The lowest BCUT2D eigenvalue weighted by Crippen LogP contribution is -2.11. The molecule has 2 aromatic carbocycles. The van der Waals surface area contributed by atoms with Crippen molar-refractivity contribution in [2.75, 3.05) is 20.1 Å². The van der Waals surface area contributed by atoms with E-state index < -0.39 is 0 Å². The number of ether oxygens (including phenoxy) is 2. The molecule has 0 aliphatic carbocycles. The normalized spacial score (nSPS) is 11.0. The first kappa shape index (κ1) is 19.1. The molecule has 0 bridgehead atoms. The highest BCUT2D eigenvalue weighted by Crippen LogP contribution is 2.32. The molecular formula is C20H24N4O2S. The van der Waals surface area contributed by atoms with Crippen molar-refractivity contribution in [3.8, 4) is 22.9 Å². The van der Waals surface area contributed by atoms with Gasteiger partial charge in [-0.25, -0.2) is 4.68 Å². The summed E-state index contributed by atoms with van der Waals surface area (Å²) in [6.07, 6.45) is 0. The maximum atomic E-state index is 6.22. The third kappa shape index (κ3) is 4.19. The van der Waals surface area contributed by atoms with Crippen LogP contribution >= 0.6 is 11.8 Å². The minimum Gasteiger partial charge on any atom is -0.493 e. The monoisotopic (exact) mass is 384 g/mol. The predicted octanol–water partition coefficient (Wildman–Crippen LogP) is 4.09. The standard InChI is InChI=1S/C20H24N4O2S/c1-13(2)15-7-5-14(6-8-15)12-27-20-23-22-19(24(20)21)16-9-10-17(25-3)18(11-16)26-4/h5-11,13H,12,21H2,1-4H3. The van der Waals surface area contributed by atoms with Crippen molar-refractivity contribution < 1.29 is 9.47 Å². The molecule has 0 saturated carbocycles. The summed E-state index contributed by atoms with van der Waals surface area (Å²) >= 11 is 1.56. The number of thioether (sulfide) groups is 1. The second-order valence-electron chi connectivity index (χ2n) is 6.43. The van der Waals surface area contributed by atoms with Crippen LogP contribution in [0.3, 0.4) is 0 Å². The fourth-order valence-electron chi connectivity index (χ4n) is 2.69. The number of nitrogens with zero attached hydrogens (tertiary/aromatic N) is 3. The van der Waals surface area contributed by atoms with E-state index in [1.165, 1.54) is 15.8 Å². The molecular weight excluding hydrogens is 360 g/mol. The number of hydrogen-bond donors (Lipinski definition) is 1. The first-order chi connectivity index (χ1) is 13.0. The summed E-state index contributed by atoms with van der Waals surface area (Å²) in [5.41, 5.74) is 3.37. The summed E-state index contributed by atoms with van der Waals surface area (Å²) in [4.78, 5) is 0. The largest absolute Gasteiger partial charge is 0.493 e. The summed E-state index contributed by atoms with van der Waals surface area (Å²) in [7, 11) is 3.20. The third-order valence-corrected chi connectivity index (χ3v) is 5.33. The number of benzene rings is 2. The lowest BCUT2D eigenvalue weighted by atomic mass is 10.0. The van der Waals surface area contributed by atoms with Gasteiger partial charge >= 0.3 is 0 Å². The molecule has 0 aliphatic heterocycles. The van der Waals surface area contributed by atoms with Crippen LogP contribution in [0.25, 0.3) is 11.4 Å². The minimum atomic E-state index is 0.530. The Labute approximate surface area is 163 Å². The van der Waals surface area contributed by atoms with Gasteiger partial charge in [0.2, 0.25) is 5.16 Å². The van der Waals surface area contributed by atoms with E-state index in [-0.39, 0.29) is 0 Å². The molecule has 0 spiro atoms. The van der Waals surface area contributed by atoms with Crippen LogP contribution in [0, 0.1) is 0 Å². The van der Waals surface area contributed by atoms with Gasteiger partial charge in [0.15, 0.2) is 17.3 Å². The zero-order chi connectivity index (χ0) is 19.4. The van der Waals surface area contributed by atoms with Crippen molar-refractivity contribution in [3.63, 3.8) is 0 Å². The Morgan fingerprint density at radius 1 is 1.00 bits per heavy atom. The average molecular weight is 385 g/mol. The number of hydrogen-bond acceptors (Lipinski definition) is 6. The molecule has 3 rings (SSSR count). The second kappa shape index (κ2) is 8.35. The molecule has 0 aliphatic rings. The zero-order valence-electron chi connectivity index (χ0n) is 16.0. The number of nitrogens with two attached hydrogens (primary N) is 1. The minimum absolute atomic E-state index is 0.530. The van der Waals surface area contributed by atoms with E-state index >= 15 is 0 Å². The Bertz CT molecular complexity index is 907. The van der Waals surface area contributed by atoms with Crippen molar-refractivity contribution in [3.05, 3.63) is 53.6 Å². The van der Waals surface area contributed by atoms with E-state index in [9.17, 15) is 0 Å². The van der Waals surface area contributed by atoms with Crippen LogP contribution in [0.1, 0.15) is 30.9 Å². The Hall–Kier alpha value is -2.67. The highest BCUT2D eigenvalue weighted by molar-refractivity contribution is 7.98. The summed E-state index contributed by atoms with van der Waals surface area (Å²) in [5, 5.41) is 9.13. The smallest absolute Gasteiger partial charge is 0.210 e. The molecule has 1 heterocycles. The number of aromatic nitrogens is 3. The molecule has 7 heteroatoms. The highest BCUT2D eigenvalue weighted by atomic mass is 32.2. The van der Waals surface area contributed by atoms with Crippen LogP contribution in [-0.2, 0) is 5.75 Å². The van der Waals surface area contributed by atoms with Gasteiger partial charge in [-0.3, -0.25) is 0 Å². The van der Waals surface area contributed by atoms with Crippen molar-refractivity contribution in [2.24, 2.45) is 0 Å². The van der Waals surface area contributed by atoms with E-state index in [4.69, 9.17) is 15.3 Å². The molecule has 0 atom stereocenters. The van der Waals surface area contributed by atoms with E-state index in [0.29, 0.717) is 28.4 Å². The van der Waals surface area contributed by atoms with Crippen LogP contribution in [0.15, 0.2) is 47.6 Å². The Kier molecular flexibility index (Phi) is 5.91. The summed E-state index contributed by atoms with van der Waals surface area (Å²) in [6, 6.07) is 14.2. The topological polar surface area (TPSA) is 75.2 Å². The Morgan fingerprint density at radius 2 is 1.70 bits per heavy atom. The third-order valence-electron chi connectivity index (χ3n) is 4.32. The summed E-state index contributed by atoms with van der Waals surface area (Å²) in [5.74, 6) is 9.39. The average Bonchev–Trinajstić information content (AvgIpc) is 3.06. The molecule has 142 valence electrons. The Balaban J connectivity index is 1.75. The van der Waals surface area contributed by atoms with Crippen LogP contribution < -0.4 is 15.3 Å². The van der Waals surface area contributed by atoms with Gasteiger partial charge < -0.3 is 15.3 Å². The van der Waals surface area contributed by atoms with Gasteiger partial charge in [-0.15, -0.1) is 10.2 Å². The van der Waals surface area contributed by atoms with Crippen molar-refractivity contribution >= 4 is 11.8 Å². The Morgan fingerprint density at radius 3 is 2.33 bits per heavy atom. The quantitative estimate of drug-likeness (QED) is 0.488. The SMILES string of the molecule is COc1ccc(-c2nnc(SCc3ccc(C(C)C)cc3)n2N)cc1OC. The molecule has 0 radical (unpaired) electrons. The van der Waals surface area contributed by atoms with Crippen molar-refractivity contribution in [2.45, 2.75) is 30.7 Å². The second-order valence-corrected chi connectivity index (χ2v) is 7.37. The fraction of sp³-hybridized carbons (Fsp3) is 0.300. The van der Waals surface area contributed by atoms with Crippen molar-refractivity contribution in [1.82, 2.24) is 14.9 Å². The van der Waals surface area contributed by atoms with E-state index in [1.807, 2.05) is 18.2 Å². The number of methoxy groups -OCH3 is 2. The molecule has 0 amide bonds.